The summed E-state index contributed by atoms with van der Waals surface area (Å²) >= 11 is 0. The van der Waals surface area contributed by atoms with E-state index in [1.54, 1.807) is 0 Å². The highest BCUT2D eigenvalue weighted by molar-refractivity contribution is 6.72. The number of rotatable bonds is 6. The smallest absolute Gasteiger partial charge is 0.345 e. The van der Waals surface area contributed by atoms with Crippen molar-refractivity contribution < 1.29 is 8.85 Å². The molecule has 2 nitrogen and oxygen atoms in total. The third kappa shape index (κ3) is 2.63. The van der Waals surface area contributed by atoms with Crippen LogP contribution in [-0.4, -0.2) is 20.8 Å². The van der Waals surface area contributed by atoms with Gasteiger partial charge in [0.05, 0.1) is 0 Å². The Labute approximate surface area is 94.6 Å². The monoisotopic (exact) mass is 228 g/mol. The van der Waals surface area contributed by atoms with Crippen LogP contribution in [0.3, 0.4) is 0 Å². The lowest BCUT2D eigenvalue weighted by atomic mass is 10.5. The molecule has 0 aromatic rings. The van der Waals surface area contributed by atoms with E-state index in [2.05, 4.69) is 27.7 Å². The third-order valence-corrected chi connectivity index (χ3v) is 8.24. The molecule has 0 atom stereocenters. The quantitative estimate of drug-likeness (QED) is 0.647. The van der Waals surface area contributed by atoms with E-state index < -0.39 is 8.56 Å². The standard InChI is InChI=1S/C12H24O2Si/c1-9(2)13-15(11-5-6-11,12-7-8-12)14-10(3)4/h9-12H,5-8H2,1-4H3. The van der Waals surface area contributed by atoms with Gasteiger partial charge in [-0.25, -0.2) is 0 Å². The van der Waals surface area contributed by atoms with Crippen molar-refractivity contribution in [1.82, 2.24) is 0 Å². The molecule has 0 spiro atoms. The number of hydrogen-bond donors (Lipinski definition) is 0. The van der Waals surface area contributed by atoms with Gasteiger partial charge in [-0.05, 0) is 53.4 Å². The molecule has 2 aliphatic rings. The maximum Gasteiger partial charge on any atom is 0.345 e. The van der Waals surface area contributed by atoms with Gasteiger partial charge in [0.2, 0.25) is 0 Å². The average molecular weight is 228 g/mol. The lowest BCUT2D eigenvalue weighted by Gasteiger charge is -2.34. The Bertz CT molecular complexity index is 196. The zero-order valence-corrected chi connectivity index (χ0v) is 11.5. The fourth-order valence-electron chi connectivity index (χ4n) is 2.45. The van der Waals surface area contributed by atoms with Crippen LogP contribution in [0, 0.1) is 0 Å². The molecule has 2 fully saturated rings. The van der Waals surface area contributed by atoms with Crippen LogP contribution in [0.4, 0.5) is 0 Å². The Morgan fingerprint density at radius 2 is 1.13 bits per heavy atom. The summed E-state index contributed by atoms with van der Waals surface area (Å²) in [6.07, 6.45) is 6.06. The average Bonchev–Trinajstić information content (AvgIpc) is 2.97. The van der Waals surface area contributed by atoms with Crippen molar-refractivity contribution in [2.24, 2.45) is 0 Å². The molecule has 15 heavy (non-hydrogen) atoms. The van der Waals surface area contributed by atoms with E-state index in [4.69, 9.17) is 8.85 Å². The molecule has 0 heterocycles. The Morgan fingerprint density at radius 1 is 0.800 bits per heavy atom. The molecule has 3 heteroatoms. The molecular formula is C12H24O2Si. The molecule has 0 bridgehead atoms. The van der Waals surface area contributed by atoms with Crippen LogP contribution in [0.15, 0.2) is 0 Å². The van der Waals surface area contributed by atoms with Crippen molar-refractivity contribution in [3.8, 4) is 0 Å². The van der Waals surface area contributed by atoms with Gasteiger partial charge < -0.3 is 8.85 Å². The SMILES string of the molecule is CC(C)O[Si](OC(C)C)(C1CC1)C1CC1. The summed E-state index contributed by atoms with van der Waals surface area (Å²) in [6, 6.07) is 0. The molecule has 0 aromatic carbocycles. The fraction of sp³-hybridized carbons (Fsp3) is 1.00. The van der Waals surface area contributed by atoms with Gasteiger partial charge in [-0.3, -0.25) is 0 Å². The minimum atomic E-state index is -1.85. The van der Waals surface area contributed by atoms with Crippen molar-refractivity contribution in [3.05, 3.63) is 0 Å². The molecule has 2 rings (SSSR count). The number of hydrogen-bond acceptors (Lipinski definition) is 2. The first-order valence-electron chi connectivity index (χ1n) is 6.40. The topological polar surface area (TPSA) is 18.5 Å². The Balaban J connectivity index is 2.09. The summed E-state index contributed by atoms with van der Waals surface area (Å²) in [4.78, 5) is 0. The van der Waals surface area contributed by atoms with Crippen molar-refractivity contribution in [2.45, 2.75) is 76.7 Å². The maximum atomic E-state index is 6.31. The van der Waals surface area contributed by atoms with E-state index in [0.717, 1.165) is 11.1 Å². The fourth-order valence-corrected chi connectivity index (χ4v) is 7.36. The molecule has 2 aliphatic carbocycles. The minimum absolute atomic E-state index is 0.330. The van der Waals surface area contributed by atoms with Crippen LogP contribution in [0.1, 0.15) is 53.4 Å². The third-order valence-electron chi connectivity index (χ3n) is 3.13. The molecule has 0 aromatic heterocycles. The second-order valence-corrected chi connectivity index (χ2v) is 9.15. The lowest BCUT2D eigenvalue weighted by molar-refractivity contribution is 0.101. The summed E-state index contributed by atoms with van der Waals surface area (Å²) in [5.74, 6) is 0. The van der Waals surface area contributed by atoms with Gasteiger partial charge in [-0.15, -0.1) is 0 Å². The summed E-state index contributed by atoms with van der Waals surface area (Å²) in [5.41, 5.74) is 1.60. The summed E-state index contributed by atoms with van der Waals surface area (Å²) < 4.78 is 12.6. The van der Waals surface area contributed by atoms with Crippen molar-refractivity contribution >= 4 is 8.56 Å². The van der Waals surface area contributed by atoms with Gasteiger partial charge in [0, 0.05) is 23.3 Å². The highest BCUT2D eigenvalue weighted by Gasteiger charge is 2.61. The summed E-state index contributed by atoms with van der Waals surface area (Å²) in [5, 5.41) is 0. The first kappa shape index (κ1) is 11.6. The van der Waals surface area contributed by atoms with Crippen LogP contribution >= 0.6 is 0 Å². The molecule has 0 N–H and O–H groups in total. The van der Waals surface area contributed by atoms with Crippen molar-refractivity contribution in [1.29, 1.82) is 0 Å². The molecular weight excluding hydrogens is 204 g/mol. The summed E-state index contributed by atoms with van der Waals surface area (Å²) in [6.45, 7) is 8.60. The van der Waals surface area contributed by atoms with E-state index in [9.17, 15) is 0 Å². The van der Waals surface area contributed by atoms with Gasteiger partial charge in [-0.2, -0.15) is 0 Å². The van der Waals surface area contributed by atoms with E-state index >= 15 is 0 Å². The maximum absolute atomic E-state index is 6.31. The zero-order valence-electron chi connectivity index (χ0n) is 10.5. The van der Waals surface area contributed by atoms with Gasteiger partial charge >= 0.3 is 8.56 Å². The Kier molecular flexibility index (Phi) is 3.24. The van der Waals surface area contributed by atoms with Crippen molar-refractivity contribution in [3.63, 3.8) is 0 Å². The summed E-state index contributed by atoms with van der Waals surface area (Å²) in [7, 11) is -1.85. The molecule has 0 aliphatic heterocycles. The second kappa shape index (κ2) is 4.19. The normalized spacial score (nSPS) is 22.8. The van der Waals surface area contributed by atoms with Crippen molar-refractivity contribution in [2.75, 3.05) is 0 Å². The lowest BCUT2D eigenvalue weighted by Crippen LogP contribution is -2.47. The van der Waals surface area contributed by atoms with Crippen LogP contribution in [0.2, 0.25) is 11.1 Å². The van der Waals surface area contributed by atoms with Gasteiger partial charge in [0.25, 0.3) is 0 Å². The van der Waals surface area contributed by atoms with Gasteiger partial charge in [0.15, 0.2) is 0 Å². The van der Waals surface area contributed by atoms with Crippen LogP contribution in [0.5, 0.6) is 0 Å². The highest BCUT2D eigenvalue weighted by atomic mass is 28.4. The molecule has 0 saturated heterocycles. The minimum Gasteiger partial charge on any atom is -0.391 e. The highest BCUT2D eigenvalue weighted by Crippen LogP contribution is 2.59. The van der Waals surface area contributed by atoms with Gasteiger partial charge in [-0.1, -0.05) is 0 Å². The zero-order chi connectivity index (χ0) is 11.1. The first-order valence-corrected chi connectivity index (χ1v) is 8.37. The molecule has 2 saturated carbocycles. The predicted molar refractivity (Wildman–Crippen MR) is 64.2 cm³/mol. The Hall–Kier alpha value is 0.137. The van der Waals surface area contributed by atoms with E-state index in [-0.39, 0.29) is 0 Å². The molecule has 0 amide bonds. The first-order chi connectivity index (χ1) is 7.04. The molecule has 0 radical (unpaired) electrons. The molecule has 88 valence electrons. The van der Waals surface area contributed by atoms with Crippen LogP contribution in [0.25, 0.3) is 0 Å². The van der Waals surface area contributed by atoms with Gasteiger partial charge in [0.1, 0.15) is 0 Å². The Morgan fingerprint density at radius 3 is 1.33 bits per heavy atom. The van der Waals surface area contributed by atoms with E-state index in [1.807, 2.05) is 0 Å². The predicted octanol–water partition coefficient (Wildman–Crippen LogP) is 3.61. The van der Waals surface area contributed by atoms with Crippen LogP contribution in [-0.2, 0) is 8.85 Å². The largest absolute Gasteiger partial charge is 0.391 e. The second-order valence-electron chi connectivity index (χ2n) is 5.60. The van der Waals surface area contributed by atoms with E-state index in [1.165, 1.54) is 25.7 Å². The van der Waals surface area contributed by atoms with Crippen LogP contribution < -0.4 is 0 Å². The van der Waals surface area contributed by atoms with E-state index in [0.29, 0.717) is 12.2 Å². The molecule has 0 unspecified atom stereocenters.